The lowest BCUT2D eigenvalue weighted by Crippen LogP contribution is -2.54. The van der Waals surface area contributed by atoms with Crippen LogP contribution in [0, 0.1) is 6.92 Å². The van der Waals surface area contributed by atoms with Gasteiger partial charge in [0.15, 0.2) is 10.9 Å². The zero-order valence-electron chi connectivity index (χ0n) is 21.7. The van der Waals surface area contributed by atoms with E-state index >= 15 is 0 Å². The van der Waals surface area contributed by atoms with E-state index in [2.05, 4.69) is 5.32 Å². The van der Waals surface area contributed by atoms with Crippen LogP contribution in [0.1, 0.15) is 11.1 Å². The van der Waals surface area contributed by atoms with E-state index in [1.54, 1.807) is 48.5 Å². The number of ether oxygens (including phenoxy) is 1. The second kappa shape index (κ2) is 11.9. The number of amides is 2. The van der Waals surface area contributed by atoms with Gasteiger partial charge in [-0.25, -0.2) is 0 Å². The van der Waals surface area contributed by atoms with Crippen molar-refractivity contribution in [3.63, 3.8) is 0 Å². The Morgan fingerprint density at radius 3 is 2.19 bits per heavy atom. The Balaban J connectivity index is 1.48. The van der Waals surface area contributed by atoms with Crippen LogP contribution in [0.15, 0.2) is 101 Å². The molecule has 5 rings (SSSR count). The third kappa shape index (κ3) is 6.32. The number of carbonyl (C=O) groups excluding carboxylic acids is 2. The van der Waals surface area contributed by atoms with Crippen LogP contribution in [0.5, 0.6) is 17.2 Å². The number of thiocarbonyl (C=S) groups is 1. The van der Waals surface area contributed by atoms with Crippen molar-refractivity contribution in [2.45, 2.75) is 11.8 Å². The summed E-state index contributed by atoms with van der Waals surface area (Å²) in [4.78, 5) is 27.5. The smallest absolute Gasteiger partial charge is 0.339 e. The number of halogens is 2. The maximum atomic E-state index is 13.6. The molecular weight excluding hydrogens is 619 g/mol. The number of nitrogens with one attached hydrogen (secondary N) is 1. The highest BCUT2D eigenvalue weighted by atomic mass is 35.5. The average Bonchev–Trinajstić information content (AvgIpc) is 2.94. The van der Waals surface area contributed by atoms with Gasteiger partial charge in [-0.05, 0) is 85.9 Å². The second-order valence-electron chi connectivity index (χ2n) is 9.02. The number of aryl methyl sites for hydroxylation is 1. The fraction of sp³-hybridized carbons (Fsp3) is 0.0333. The molecule has 0 aromatic heterocycles. The van der Waals surface area contributed by atoms with E-state index in [0.717, 1.165) is 16.5 Å². The SMILES string of the molecule is Cc1ccc(S(=O)(=O)Oc2c(Cl)cc(Cl)cc2C=C2C(=O)NC(=S)N(c3ccc(Oc4ccccc4)cc3)C2=O)cc1. The Morgan fingerprint density at radius 2 is 1.52 bits per heavy atom. The third-order valence-corrected chi connectivity index (χ3v) is 8.03. The van der Waals surface area contributed by atoms with Gasteiger partial charge in [-0.15, -0.1) is 0 Å². The molecule has 0 saturated carbocycles. The van der Waals surface area contributed by atoms with Crippen LogP contribution >= 0.6 is 35.4 Å². The monoisotopic (exact) mass is 638 g/mol. The van der Waals surface area contributed by atoms with Gasteiger partial charge in [-0.3, -0.25) is 19.8 Å². The maximum absolute atomic E-state index is 13.6. The molecule has 4 aromatic carbocycles. The lowest BCUT2D eigenvalue weighted by atomic mass is 10.1. The van der Waals surface area contributed by atoms with E-state index in [1.165, 1.54) is 24.3 Å². The van der Waals surface area contributed by atoms with Crippen LogP contribution in [0.25, 0.3) is 6.08 Å². The van der Waals surface area contributed by atoms with Crippen molar-refractivity contribution in [3.05, 3.63) is 118 Å². The highest BCUT2D eigenvalue weighted by Gasteiger charge is 2.35. The molecule has 0 unspecified atom stereocenters. The number of carbonyl (C=O) groups is 2. The van der Waals surface area contributed by atoms with Crippen molar-refractivity contribution >= 4 is 74.2 Å². The first-order valence-corrected chi connectivity index (χ1v) is 14.8. The molecule has 1 saturated heterocycles. The fourth-order valence-corrected chi connectivity index (χ4v) is 5.82. The van der Waals surface area contributed by atoms with Crippen molar-refractivity contribution in [2.24, 2.45) is 0 Å². The van der Waals surface area contributed by atoms with Crippen LogP contribution in [0.3, 0.4) is 0 Å². The Kier molecular flexibility index (Phi) is 8.33. The number of para-hydroxylation sites is 1. The van der Waals surface area contributed by atoms with E-state index in [4.69, 9.17) is 44.3 Å². The first-order valence-electron chi connectivity index (χ1n) is 12.3. The van der Waals surface area contributed by atoms with Gasteiger partial charge < -0.3 is 8.92 Å². The molecular formula is C30H20Cl2N2O6S2. The molecule has 212 valence electrons. The lowest BCUT2D eigenvalue weighted by molar-refractivity contribution is -0.122. The first kappa shape index (κ1) is 29.3. The van der Waals surface area contributed by atoms with Gasteiger partial charge in [0.1, 0.15) is 22.0 Å². The number of anilines is 1. The van der Waals surface area contributed by atoms with Crippen molar-refractivity contribution in [3.8, 4) is 17.2 Å². The maximum Gasteiger partial charge on any atom is 0.339 e. The number of hydrogen-bond acceptors (Lipinski definition) is 7. The summed E-state index contributed by atoms with van der Waals surface area (Å²) >= 11 is 17.8. The average molecular weight is 640 g/mol. The standard InChI is InChI=1S/C30H20Cl2N2O6S2/c1-18-7-13-24(14-8-18)42(37,38)40-27-19(15-20(31)17-26(27)32)16-25-28(35)33-30(41)34(29(25)36)21-9-11-23(12-10-21)39-22-5-3-2-4-6-22/h2-17H,1H3,(H,33,35,41). The first-order chi connectivity index (χ1) is 20.0. The summed E-state index contributed by atoms with van der Waals surface area (Å²) in [5, 5.41) is 2.33. The number of nitrogens with zero attached hydrogens (tertiary/aromatic N) is 1. The van der Waals surface area contributed by atoms with Gasteiger partial charge in [0.2, 0.25) is 0 Å². The number of hydrogen-bond donors (Lipinski definition) is 1. The molecule has 1 fully saturated rings. The summed E-state index contributed by atoms with van der Waals surface area (Å²) in [6.45, 7) is 1.81. The summed E-state index contributed by atoms with van der Waals surface area (Å²) in [6.07, 6.45) is 1.15. The van der Waals surface area contributed by atoms with Crippen LogP contribution < -0.4 is 19.1 Å². The number of benzene rings is 4. The highest BCUT2D eigenvalue weighted by molar-refractivity contribution is 7.87. The molecule has 1 heterocycles. The van der Waals surface area contributed by atoms with Crippen LogP contribution in [0.4, 0.5) is 5.69 Å². The minimum atomic E-state index is -4.33. The van der Waals surface area contributed by atoms with Gasteiger partial charge in [-0.2, -0.15) is 8.42 Å². The summed E-state index contributed by atoms with van der Waals surface area (Å²) in [5.41, 5.74) is 0.843. The summed E-state index contributed by atoms with van der Waals surface area (Å²) in [5.74, 6) is -0.713. The van der Waals surface area contributed by atoms with Gasteiger partial charge >= 0.3 is 10.1 Å². The summed E-state index contributed by atoms with van der Waals surface area (Å²) in [6, 6.07) is 24.3. The van der Waals surface area contributed by atoms with E-state index in [9.17, 15) is 18.0 Å². The summed E-state index contributed by atoms with van der Waals surface area (Å²) < 4.78 is 37.3. The topological polar surface area (TPSA) is 102 Å². The van der Waals surface area contributed by atoms with Crippen LogP contribution in [0.2, 0.25) is 10.0 Å². The molecule has 2 amide bonds. The van der Waals surface area contributed by atoms with E-state index < -0.39 is 21.9 Å². The second-order valence-corrected chi connectivity index (χ2v) is 11.8. The molecule has 0 bridgehead atoms. The zero-order valence-corrected chi connectivity index (χ0v) is 24.9. The predicted octanol–water partition coefficient (Wildman–Crippen LogP) is 6.69. The van der Waals surface area contributed by atoms with Crippen molar-refractivity contribution in [1.29, 1.82) is 0 Å². The zero-order chi connectivity index (χ0) is 30.0. The minimum Gasteiger partial charge on any atom is -0.457 e. The Labute approximate surface area is 257 Å². The van der Waals surface area contributed by atoms with Crippen LogP contribution in [-0.4, -0.2) is 25.3 Å². The van der Waals surface area contributed by atoms with Gasteiger partial charge in [0.05, 0.1) is 10.7 Å². The van der Waals surface area contributed by atoms with E-state index in [-0.39, 0.29) is 36.9 Å². The van der Waals surface area contributed by atoms with E-state index in [0.29, 0.717) is 17.2 Å². The quantitative estimate of drug-likeness (QED) is 0.104. The molecule has 4 aromatic rings. The Morgan fingerprint density at radius 1 is 0.881 bits per heavy atom. The number of rotatable bonds is 7. The summed E-state index contributed by atoms with van der Waals surface area (Å²) in [7, 11) is -4.33. The minimum absolute atomic E-state index is 0.0129. The highest BCUT2D eigenvalue weighted by Crippen LogP contribution is 2.37. The molecule has 42 heavy (non-hydrogen) atoms. The van der Waals surface area contributed by atoms with Gasteiger partial charge in [-0.1, -0.05) is 59.1 Å². The molecule has 0 aliphatic carbocycles. The van der Waals surface area contributed by atoms with Crippen LogP contribution in [-0.2, 0) is 19.7 Å². The molecule has 0 spiro atoms. The molecule has 12 heteroatoms. The third-order valence-electron chi connectivity index (χ3n) is 6.02. The molecule has 1 aliphatic rings. The van der Waals surface area contributed by atoms with Crippen molar-refractivity contribution < 1.29 is 26.9 Å². The normalized spacial score (nSPS) is 14.6. The largest absolute Gasteiger partial charge is 0.457 e. The predicted molar refractivity (Wildman–Crippen MR) is 165 cm³/mol. The van der Waals surface area contributed by atoms with Gasteiger partial charge in [0.25, 0.3) is 11.8 Å². The molecule has 0 atom stereocenters. The molecule has 1 N–H and O–H groups in total. The Hall–Kier alpha value is -4.22. The molecule has 1 aliphatic heterocycles. The van der Waals surface area contributed by atoms with Gasteiger partial charge in [0, 0.05) is 10.6 Å². The van der Waals surface area contributed by atoms with Crippen molar-refractivity contribution in [1.82, 2.24) is 5.32 Å². The Bertz CT molecular complexity index is 1840. The fourth-order valence-electron chi connectivity index (χ4n) is 3.97. The van der Waals surface area contributed by atoms with Crippen molar-refractivity contribution in [2.75, 3.05) is 4.90 Å². The van der Waals surface area contributed by atoms with E-state index in [1.807, 2.05) is 25.1 Å². The lowest BCUT2D eigenvalue weighted by Gasteiger charge is -2.29. The molecule has 8 nitrogen and oxygen atoms in total. The molecule has 0 radical (unpaired) electrons.